The molecule has 0 bridgehead atoms. The number of aliphatic hydroxyl groups is 1. The number of halogens is 2. The Balaban J connectivity index is 1.79. The summed E-state index contributed by atoms with van der Waals surface area (Å²) in [5.41, 5.74) is -2.14. The minimum atomic E-state index is -4.59. The van der Waals surface area contributed by atoms with Gasteiger partial charge in [0, 0.05) is 33.8 Å². The number of nitrogens with zero attached hydrogens (tertiary/aromatic N) is 2. The third-order valence-corrected chi connectivity index (χ3v) is 10.0. The van der Waals surface area contributed by atoms with Gasteiger partial charge < -0.3 is 24.2 Å². The Kier molecular flexibility index (Phi) is 8.06. The fraction of sp³-hybridized carbons (Fsp3) is 0.310. The Bertz CT molecular complexity index is 1670. The molecule has 3 aromatic carbocycles. The van der Waals surface area contributed by atoms with Crippen molar-refractivity contribution in [3.05, 3.63) is 81.8 Å². The van der Waals surface area contributed by atoms with E-state index in [1.54, 1.807) is 12.1 Å². The van der Waals surface area contributed by atoms with Gasteiger partial charge in [0.15, 0.2) is 17.5 Å². The normalized spacial score (nSPS) is 21.7. The van der Waals surface area contributed by atoms with E-state index < -0.39 is 39.6 Å². The third kappa shape index (κ3) is 4.64. The summed E-state index contributed by atoms with van der Waals surface area (Å²) < 4.78 is 45.5. The van der Waals surface area contributed by atoms with Gasteiger partial charge in [-0.25, -0.2) is 17.5 Å². The van der Waals surface area contributed by atoms with E-state index in [0.717, 1.165) is 4.31 Å². The Morgan fingerprint density at radius 2 is 1.67 bits per heavy atom. The van der Waals surface area contributed by atoms with Gasteiger partial charge in [0.25, 0.3) is 15.9 Å². The molecule has 1 amide bonds. The summed E-state index contributed by atoms with van der Waals surface area (Å²) in [6.45, 7) is 0.148. The highest BCUT2D eigenvalue weighted by Crippen LogP contribution is 2.53. The quantitative estimate of drug-likeness (QED) is 0.387. The lowest BCUT2D eigenvalue weighted by molar-refractivity contribution is -0.152. The smallest absolute Gasteiger partial charge is 0.328 e. The lowest BCUT2D eigenvalue weighted by Crippen LogP contribution is -2.59. The minimum Gasteiger partial charge on any atom is -0.493 e. The molecule has 2 aliphatic heterocycles. The molecule has 1 N–H and O–H groups in total. The van der Waals surface area contributed by atoms with Crippen LogP contribution in [0.2, 0.25) is 10.0 Å². The van der Waals surface area contributed by atoms with Gasteiger partial charge in [0.2, 0.25) is 0 Å². The fourth-order valence-electron chi connectivity index (χ4n) is 5.73. The molecular formula is C29H28Cl2N2O8S. The SMILES string of the molecule is COC(=O)[C@@H]1CCCN1C(=O)C1N(S(=O)(=O)c2ccc(OC)c(OC)c2)c2ccc(Cl)cc2C1(O)c1ccccc1Cl. The maximum absolute atomic E-state index is 14.6. The lowest BCUT2D eigenvalue weighted by Gasteiger charge is -2.38. The first kappa shape index (κ1) is 30.0. The molecule has 10 nitrogen and oxygen atoms in total. The van der Waals surface area contributed by atoms with Gasteiger partial charge in [-0.1, -0.05) is 41.4 Å². The summed E-state index contributed by atoms with van der Waals surface area (Å²) in [4.78, 5) is 28.2. The predicted octanol–water partition coefficient (Wildman–Crippen LogP) is 3.99. The van der Waals surface area contributed by atoms with E-state index in [9.17, 15) is 23.1 Å². The number of methoxy groups -OCH3 is 3. The zero-order valence-corrected chi connectivity index (χ0v) is 25.2. The number of sulfonamides is 1. The van der Waals surface area contributed by atoms with Crippen LogP contribution in [0.1, 0.15) is 24.0 Å². The zero-order valence-electron chi connectivity index (χ0n) is 22.9. The first-order valence-corrected chi connectivity index (χ1v) is 15.1. The number of carbonyl (C=O) groups excluding carboxylic acids is 2. The highest BCUT2D eigenvalue weighted by molar-refractivity contribution is 7.93. The first-order chi connectivity index (χ1) is 20.0. The zero-order chi connectivity index (χ0) is 30.4. The molecule has 2 aliphatic rings. The molecular weight excluding hydrogens is 607 g/mol. The van der Waals surface area contributed by atoms with Crippen molar-refractivity contribution >= 4 is 50.8 Å². The number of benzene rings is 3. The molecule has 0 aromatic heterocycles. The molecule has 0 saturated carbocycles. The van der Waals surface area contributed by atoms with Crippen molar-refractivity contribution in [2.45, 2.75) is 35.4 Å². The molecule has 0 spiro atoms. The molecule has 2 heterocycles. The van der Waals surface area contributed by atoms with E-state index >= 15 is 0 Å². The van der Waals surface area contributed by atoms with Crippen LogP contribution < -0.4 is 13.8 Å². The number of rotatable bonds is 7. The van der Waals surface area contributed by atoms with Gasteiger partial charge in [-0.15, -0.1) is 0 Å². The monoisotopic (exact) mass is 634 g/mol. The number of amides is 1. The van der Waals surface area contributed by atoms with Crippen molar-refractivity contribution in [1.82, 2.24) is 4.90 Å². The lowest BCUT2D eigenvalue weighted by atomic mass is 9.82. The Hall–Kier alpha value is -3.51. The van der Waals surface area contributed by atoms with E-state index in [2.05, 4.69) is 0 Å². The van der Waals surface area contributed by atoms with Gasteiger partial charge in [-0.05, 0) is 49.2 Å². The molecule has 5 rings (SSSR count). The van der Waals surface area contributed by atoms with Crippen molar-refractivity contribution < 1.29 is 37.3 Å². The summed E-state index contributed by atoms with van der Waals surface area (Å²) in [6.07, 6.45) is 0.792. The van der Waals surface area contributed by atoms with Crippen LogP contribution in [-0.4, -0.2) is 70.3 Å². The van der Waals surface area contributed by atoms with Crippen molar-refractivity contribution in [2.75, 3.05) is 32.2 Å². The van der Waals surface area contributed by atoms with Crippen molar-refractivity contribution in [2.24, 2.45) is 0 Å². The molecule has 1 saturated heterocycles. The molecule has 3 atom stereocenters. The Morgan fingerprint density at radius 3 is 2.33 bits per heavy atom. The largest absolute Gasteiger partial charge is 0.493 e. The number of likely N-dealkylation sites (tertiary alicyclic amines) is 1. The molecule has 222 valence electrons. The molecule has 42 heavy (non-hydrogen) atoms. The number of hydrogen-bond acceptors (Lipinski definition) is 8. The number of hydrogen-bond donors (Lipinski definition) is 1. The van der Waals surface area contributed by atoms with Crippen LogP contribution >= 0.6 is 23.2 Å². The highest BCUT2D eigenvalue weighted by atomic mass is 35.5. The second-order valence-electron chi connectivity index (χ2n) is 9.84. The Labute approximate surface area is 253 Å². The number of esters is 1. The molecule has 1 fully saturated rings. The van der Waals surface area contributed by atoms with Crippen LogP contribution in [0.25, 0.3) is 0 Å². The van der Waals surface area contributed by atoms with E-state index in [1.807, 2.05) is 0 Å². The second kappa shape index (κ2) is 11.3. The van der Waals surface area contributed by atoms with E-state index in [1.165, 1.54) is 74.8 Å². The topological polar surface area (TPSA) is 123 Å². The maximum atomic E-state index is 14.6. The highest BCUT2D eigenvalue weighted by Gasteiger charge is 2.61. The van der Waals surface area contributed by atoms with Crippen molar-refractivity contribution in [3.8, 4) is 11.5 Å². The third-order valence-electron chi connectivity index (χ3n) is 7.68. The van der Waals surface area contributed by atoms with E-state index in [-0.39, 0.29) is 44.0 Å². The van der Waals surface area contributed by atoms with Crippen molar-refractivity contribution in [1.29, 1.82) is 0 Å². The molecule has 0 aliphatic carbocycles. The van der Waals surface area contributed by atoms with Gasteiger partial charge >= 0.3 is 5.97 Å². The summed E-state index contributed by atoms with van der Waals surface area (Å²) in [6, 6.07) is 11.8. The molecule has 2 unspecified atom stereocenters. The minimum absolute atomic E-state index is 0.0174. The average molecular weight is 636 g/mol. The van der Waals surface area contributed by atoms with Crippen LogP contribution in [0.3, 0.4) is 0 Å². The first-order valence-electron chi connectivity index (χ1n) is 12.9. The average Bonchev–Trinajstić information content (AvgIpc) is 3.58. The van der Waals surface area contributed by atoms with Gasteiger partial charge in [0.1, 0.15) is 11.6 Å². The standard InChI is InChI=1S/C29H28Cl2N2O8S/c1-39-24-13-11-18(16-25(24)40-2)42(37,38)33-22-12-10-17(30)15-20(22)29(36,19-7-4-5-8-21(19)31)26(33)27(34)32-14-6-9-23(32)28(35)41-3/h4-5,7-8,10-13,15-16,23,26,36H,6,9,14H2,1-3H3/t23-,26?,29?/m0/s1. The van der Waals surface area contributed by atoms with Gasteiger partial charge in [-0.3, -0.25) is 4.79 Å². The van der Waals surface area contributed by atoms with Crippen molar-refractivity contribution in [3.63, 3.8) is 0 Å². The van der Waals surface area contributed by atoms with Crippen LogP contribution in [-0.2, 0) is 30.0 Å². The number of ether oxygens (including phenoxy) is 3. The Morgan fingerprint density at radius 1 is 0.952 bits per heavy atom. The van der Waals surface area contributed by atoms with Crippen LogP contribution in [0, 0.1) is 0 Å². The molecule has 0 radical (unpaired) electrons. The maximum Gasteiger partial charge on any atom is 0.328 e. The summed E-state index contributed by atoms with van der Waals surface area (Å²) >= 11 is 13.0. The van der Waals surface area contributed by atoms with Crippen LogP contribution in [0.15, 0.2) is 65.6 Å². The second-order valence-corrected chi connectivity index (χ2v) is 12.5. The number of fused-ring (bicyclic) bond motifs is 1. The van der Waals surface area contributed by atoms with Crippen LogP contribution in [0.5, 0.6) is 11.5 Å². The summed E-state index contributed by atoms with van der Waals surface area (Å²) in [7, 11) is -0.600. The van der Waals surface area contributed by atoms with E-state index in [0.29, 0.717) is 18.6 Å². The number of carbonyl (C=O) groups is 2. The van der Waals surface area contributed by atoms with Gasteiger partial charge in [-0.2, -0.15) is 0 Å². The van der Waals surface area contributed by atoms with Crippen LogP contribution in [0.4, 0.5) is 5.69 Å². The number of anilines is 1. The molecule has 13 heteroatoms. The van der Waals surface area contributed by atoms with Gasteiger partial charge in [0.05, 0.1) is 31.9 Å². The fourth-order valence-corrected chi connectivity index (χ4v) is 7.84. The predicted molar refractivity (Wildman–Crippen MR) is 156 cm³/mol. The summed E-state index contributed by atoms with van der Waals surface area (Å²) in [5, 5.41) is 13.0. The summed E-state index contributed by atoms with van der Waals surface area (Å²) in [5.74, 6) is -1.01. The molecule has 3 aromatic rings. The van der Waals surface area contributed by atoms with E-state index in [4.69, 9.17) is 37.4 Å².